The minimum absolute atomic E-state index is 0.00704. The Morgan fingerprint density at radius 1 is 1.10 bits per heavy atom. The number of hydrogen-bond acceptors (Lipinski definition) is 9. The highest BCUT2D eigenvalue weighted by atomic mass is 32.1. The van der Waals surface area contributed by atoms with Gasteiger partial charge in [-0.25, -0.2) is 15.0 Å². The molecule has 29 heavy (non-hydrogen) atoms. The van der Waals surface area contributed by atoms with Gasteiger partial charge in [-0.2, -0.15) is 0 Å². The minimum Gasteiger partial charge on any atom is -0.344 e. The maximum Gasteiger partial charge on any atom is 0.277 e. The summed E-state index contributed by atoms with van der Waals surface area (Å²) in [5.74, 6) is -0.914. The summed E-state index contributed by atoms with van der Waals surface area (Å²) < 4.78 is 0. The molecular formula is C17H17N7O3S2. The van der Waals surface area contributed by atoms with Crippen LogP contribution in [0.3, 0.4) is 0 Å². The van der Waals surface area contributed by atoms with Gasteiger partial charge in [0.1, 0.15) is 10.6 Å². The van der Waals surface area contributed by atoms with Crippen molar-refractivity contribution in [2.75, 3.05) is 24.7 Å². The van der Waals surface area contributed by atoms with Crippen LogP contribution >= 0.6 is 22.7 Å². The van der Waals surface area contributed by atoms with E-state index in [0.717, 1.165) is 11.3 Å². The van der Waals surface area contributed by atoms with Gasteiger partial charge >= 0.3 is 0 Å². The Bertz CT molecular complexity index is 1050. The summed E-state index contributed by atoms with van der Waals surface area (Å²) in [7, 11) is 3.31. The van der Waals surface area contributed by atoms with Crippen molar-refractivity contribution in [1.29, 1.82) is 0 Å². The van der Waals surface area contributed by atoms with Crippen LogP contribution in [0.15, 0.2) is 24.0 Å². The summed E-state index contributed by atoms with van der Waals surface area (Å²) in [6.45, 7) is 1.72. The van der Waals surface area contributed by atoms with Gasteiger partial charge < -0.3 is 10.2 Å². The summed E-state index contributed by atoms with van der Waals surface area (Å²) in [6.07, 6.45) is 4.25. The molecule has 0 radical (unpaired) electrons. The van der Waals surface area contributed by atoms with Crippen molar-refractivity contribution in [3.63, 3.8) is 0 Å². The monoisotopic (exact) mass is 431 g/mol. The molecule has 3 heterocycles. The predicted octanol–water partition coefficient (Wildman–Crippen LogP) is 1.83. The number of nitrogens with one attached hydrogen (secondary N) is 2. The van der Waals surface area contributed by atoms with Gasteiger partial charge in [0.15, 0.2) is 10.3 Å². The fourth-order valence-corrected chi connectivity index (χ4v) is 3.91. The molecule has 0 aliphatic heterocycles. The number of nitrogens with zero attached hydrogens (tertiary/aromatic N) is 5. The molecule has 0 saturated carbocycles. The molecule has 0 unspecified atom stereocenters. The van der Waals surface area contributed by atoms with Crippen LogP contribution in [0.4, 0.5) is 10.3 Å². The number of aryl methyl sites for hydroxylation is 1. The van der Waals surface area contributed by atoms with Crippen LogP contribution in [0.1, 0.15) is 31.5 Å². The van der Waals surface area contributed by atoms with Gasteiger partial charge in [-0.3, -0.25) is 24.7 Å². The Morgan fingerprint density at radius 3 is 2.59 bits per heavy atom. The van der Waals surface area contributed by atoms with E-state index >= 15 is 0 Å². The minimum atomic E-state index is -0.431. The van der Waals surface area contributed by atoms with Crippen LogP contribution in [-0.4, -0.2) is 56.7 Å². The molecular weight excluding hydrogens is 414 g/mol. The van der Waals surface area contributed by atoms with E-state index in [1.54, 1.807) is 26.4 Å². The number of anilines is 2. The average Bonchev–Trinajstić information content (AvgIpc) is 3.27. The van der Waals surface area contributed by atoms with Crippen LogP contribution in [0.2, 0.25) is 0 Å². The van der Waals surface area contributed by atoms with Crippen molar-refractivity contribution in [1.82, 2.24) is 24.8 Å². The van der Waals surface area contributed by atoms with E-state index in [-0.39, 0.29) is 23.9 Å². The third kappa shape index (κ3) is 5.18. The van der Waals surface area contributed by atoms with Crippen LogP contribution in [0, 0.1) is 6.92 Å². The molecule has 0 aliphatic carbocycles. The van der Waals surface area contributed by atoms with Gasteiger partial charge in [-0.15, -0.1) is 11.3 Å². The first-order chi connectivity index (χ1) is 13.8. The fourth-order valence-electron chi connectivity index (χ4n) is 2.20. The van der Waals surface area contributed by atoms with Crippen molar-refractivity contribution >= 4 is 50.7 Å². The molecule has 0 fully saturated rings. The molecule has 3 rings (SSSR count). The quantitative estimate of drug-likeness (QED) is 0.609. The van der Waals surface area contributed by atoms with E-state index < -0.39 is 5.91 Å². The Morgan fingerprint density at radius 2 is 1.90 bits per heavy atom. The second-order valence-corrected chi connectivity index (χ2v) is 7.90. The molecule has 3 aromatic heterocycles. The van der Waals surface area contributed by atoms with E-state index in [2.05, 4.69) is 30.6 Å². The molecule has 0 aromatic carbocycles. The average molecular weight is 432 g/mol. The molecule has 12 heteroatoms. The topological polar surface area (TPSA) is 130 Å². The maximum atomic E-state index is 12.3. The third-order valence-corrected chi connectivity index (χ3v) is 5.42. The first kappa shape index (κ1) is 20.5. The molecule has 0 bridgehead atoms. The maximum absolute atomic E-state index is 12.3. The smallest absolute Gasteiger partial charge is 0.277 e. The Hall–Kier alpha value is -3.25. The van der Waals surface area contributed by atoms with Gasteiger partial charge in [0.2, 0.25) is 5.91 Å². The Balaban J connectivity index is 1.59. The lowest BCUT2D eigenvalue weighted by Gasteiger charge is -2.07. The highest BCUT2D eigenvalue weighted by Gasteiger charge is 2.18. The molecule has 0 saturated heterocycles. The lowest BCUT2D eigenvalue weighted by molar-refractivity contribution is -0.115. The number of amides is 3. The number of thiazole rings is 2. The molecule has 3 aromatic rings. The highest BCUT2D eigenvalue weighted by molar-refractivity contribution is 7.17. The van der Waals surface area contributed by atoms with Gasteiger partial charge in [-0.1, -0.05) is 11.3 Å². The number of aromatic nitrogens is 4. The van der Waals surface area contributed by atoms with Gasteiger partial charge in [0.25, 0.3) is 11.8 Å². The zero-order chi connectivity index (χ0) is 21.0. The van der Waals surface area contributed by atoms with Crippen LogP contribution in [0.25, 0.3) is 0 Å². The second kappa shape index (κ2) is 8.84. The second-order valence-electron chi connectivity index (χ2n) is 6.05. The zero-order valence-corrected chi connectivity index (χ0v) is 17.4. The van der Waals surface area contributed by atoms with Crippen molar-refractivity contribution in [3.05, 3.63) is 45.9 Å². The SMILES string of the molecule is Cc1nc(NC(=O)Cc2csc(NC(=O)c3cnccn3)n2)sc1C(=O)N(C)C. The normalized spacial score (nSPS) is 10.4. The number of carbonyl (C=O) groups is 3. The Labute approximate surface area is 174 Å². The fraction of sp³-hybridized carbons (Fsp3) is 0.235. The first-order valence-electron chi connectivity index (χ1n) is 8.34. The van der Waals surface area contributed by atoms with Crippen molar-refractivity contribution in [3.8, 4) is 0 Å². The largest absolute Gasteiger partial charge is 0.344 e. The van der Waals surface area contributed by atoms with E-state index in [9.17, 15) is 14.4 Å². The van der Waals surface area contributed by atoms with Crippen LogP contribution in [-0.2, 0) is 11.2 Å². The van der Waals surface area contributed by atoms with Gasteiger partial charge in [0.05, 0.1) is 24.0 Å². The lowest BCUT2D eigenvalue weighted by Crippen LogP contribution is -2.21. The summed E-state index contributed by atoms with van der Waals surface area (Å²) in [6, 6.07) is 0. The lowest BCUT2D eigenvalue weighted by atomic mass is 10.3. The summed E-state index contributed by atoms with van der Waals surface area (Å²) in [4.78, 5) is 54.6. The van der Waals surface area contributed by atoms with E-state index in [1.165, 1.54) is 34.8 Å². The van der Waals surface area contributed by atoms with Crippen molar-refractivity contribution < 1.29 is 14.4 Å². The van der Waals surface area contributed by atoms with E-state index in [0.29, 0.717) is 26.5 Å². The standard InChI is InChI=1S/C17H17N7O3S2/c1-9-13(15(27)24(2)3)29-17(20-9)22-12(25)6-10-8-28-16(21-10)23-14(26)11-7-18-4-5-19-11/h4-5,7-8H,6H2,1-3H3,(H,20,22,25)(H,21,23,26). The first-order valence-corrected chi connectivity index (χ1v) is 10.0. The van der Waals surface area contributed by atoms with E-state index in [4.69, 9.17) is 0 Å². The highest BCUT2D eigenvalue weighted by Crippen LogP contribution is 2.24. The molecule has 0 spiro atoms. The number of carbonyl (C=O) groups excluding carboxylic acids is 3. The predicted molar refractivity (Wildman–Crippen MR) is 109 cm³/mol. The molecule has 0 aliphatic rings. The molecule has 150 valence electrons. The summed E-state index contributed by atoms with van der Waals surface area (Å²) in [5, 5.41) is 7.68. The third-order valence-electron chi connectivity index (χ3n) is 3.55. The summed E-state index contributed by atoms with van der Waals surface area (Å²) in [5.41, 5.74) is 1.23. The van der Waals surface area contributed by atoms with Crippen molar-refractivity contribution in [2.24, 2.45) is 0 Å². The summed E-state index contributed by atoms with van der Waals surface area (Å²) >= 11 is 2.32. The van der Waals surface area contributed by atoms with Crippen LogP contribution in [0.5, 0.6) is 0 Å². The Kier molecular flexibility index (Phi) is 6.24. The molecule has 2 N–H and O–H groups in total. The molecule has 10 nitrogen and oxygen atoms in total. The zero-order valence-electron chi connectivity index (χ0n) is 15.8. The van der Waals surface area contributed by atoms with E-state index in [1.807, 2.05) is 0 Å². The number of hydrogen-bond donors (Lipinski definition) is 2. The van der Waals surface area contributed by atoms with Gasteiger partial charge in [0, 0.05) is 31.9 Å². The van der Waals surface area contributed by atoms with Crippen molar-refractivity contribution in [2.45, 2.75) is 13.3 Å². The van der Waals surface area contributed by atoms with Gasteiger partial charge in [-0.05, 0) is 6.92 Å². The molecule has 3 amide bonds. The number of rotatable bonds is 6. The van der Waals surface area contributed by atoms with Crippen LogP contribution < -0.4 is 10.6 Å². The molecule has 0 atom stereocenters.